The molecular formula is C6H6ClNO3S. The van der Waals surface area contributed by atoms with E-state index in [1.807, 2.05) is 0 Å². The predicted molar refractivity (Wildman–Crippen MR) is 47.3 cm³/mol. The minimum Gasteiger partial charge on any atom is -0.399 e. The Balaban J connectivity index is 2.97. The molecule has 0 radical (unpaired) electrons. The Morgan fingerprint density at radius 3 is 2.83 bits per heavy atom. The first-order valence-electron chi connectivity index (χ1n) is 2.94. The lowest BCUT2D eigenvalue weighted by atomic mass is 10.3. The first-order valence-corrected chi connectivity index (χ1v) is 4.35. The Bertz CT molecular complexity index is 318. The van der Waals surface area contributed by atoms with Crippen LogP contribution in [-0.4, -0.2) is 8.76 Å². The standard InChI is InChI=1S/C6H6ClNO3S/c7-5-2-1-4(8)3-6(5)11-12(9)10/h1-3H,8H2,(H,9,10). The van der Waals surface area contributed by atoms with Gasteiger partial charge >= 0.3 is 11.4 Å². The maximum absolute atomic E-state index is 10.2. The second kappa shape index (κ2) is 3.75. The van der Waals surface area contributed by atoms with Gasteiger partial charge in [-0.2, -0.15) is 4.21 Å². The number of rotatable bonds is 2. The fraction of sp³-hybridized carbons (Fsp3) is 0. The third kappa shape index (κ3) is 2.37. The molecule has 1 rings (SSSR count). The number of hydrogen-bond acceptors (Lipinski definition) is 3. The molecule has 0 spiro atoms. The van der Waals surface area contributed by atoms with Crippen molar-refractivity contribution in [3.63, 3.8) is 0 Å². The molecular weight excluding hydrogens is 202 g/mol. The largest absolute Gasteiger partial charge is 0.399 e. The summed E-state index contributed by atoms with van der Waals surface area (Å²) in [6.45, 7) is 0. The molecule has 3 N–H and O–H groups in total. The number of nitrogen functional groups attached to an aromatic ring is 1. The van der Waals surface area contributed by atoms with Crippen LogP contribution >= 0.6 is 11.6 Å². The molecule has 0 saturated carbocycles. The summed E-state index contributed by atoms with van der Waals surface area (Å²) < 4.78 is 23.0. The van der Waals surface area contributed by atoms with E-state index in [9.17, 15) is 4.21 Å². The van der Waals surface area contributed by atoms with Crippen molar-refractivity contribution in [1.29, 1.82) is 0 Å². The monoisotopic (exact) mass is 207 g/mol. The highest BCUT2D eigenvalue weighted by Crippen LogP contribution is 2.26. The second-order valence-electron chi connectivity index (χ2n) is 1.99. The van der Waals surface area contributed by atoms with Crippen LogP contribution in [-0.2, 0) is 11.4 Å². The van der Waals surface area contributed by atoms with Crippen molar-refractivity contribution in [2.75, 3.05) is 5.73 Å². The molecule has 4 nitrogen and oxygen atoms in total. The predicted octanol–water partition coefficient (Wildman–Crippen LogP) is 1.44. The van der Waals surface area contributed by atoms with Crippen molar-refractivity contribution < 1.29 is 12.9 Å². The summed E-state index contributed by atoms with van der Waals surface area (Å²) in [7, 11) is 0. The number of anilines is 1. The highest BCUT2D eigenvalue weighted by Gasteiger charge is 2.04. The van der Waals surface area contributed by atoms with E-state index < -0.39 is 11.4 Å². The molecule has 0 saturated heterocycles. The van der Waals surface area contributed by atoms with Crippen LogP contribution in [0.1, 0.15) is 0 Å². The van der Waals surface area contributed by atoms with E-state index in [2.05, 4.69) is 4.18 Å². The Kier molecular flexibility index (Phi) is 2.91. The molecule has 1 aromatic rings. The minimum atomic E-state index is -2.38. The van der Waals surface area contributed by atoms with Gasteiger partial charge in [-0.3, -0.25) is 4.55 Å². The van der Waals surface area contributed by atoms with E-state index in [1.54, 1.807) is 6.07 Å². The molecule has 66 valence electrons. The average Bonchev–Trinajstić information content (AvgIpc) is 1.96. The first-order chi connectivity index (χ1) is 5.59. The van der Waals surface area contributed by atoms with Crippen molar-refractivity contribution >= 4 is 28.6 Å². The smallest absolute Gasteiger partial charge is 0.357 e. The first kappa shape index (κ1) is 9.31. The van der Waals surface area contributed by atoms with Gasteiger partial charge in [0.25, 0.3) is 0 Å². The van der Waals surface area contributed by atoms with Crippen LogP contribution in [0.5, 0.6) is 5.75 Å². The lowest BCUT2D eigenvalue weighted by Gasteiger charge is -2.02. The SMILES string of the molecule is Nc1ccc(Cl)c(OS(=O)O)c1. The van der Waals surface area contributed by atoms with Crippen molar-refractivity contribution in [2.45, 2.75) is 0 Å². The summed E-state index contributed by atoms with van der Waals surface area (Å²) >= 11 is 3.24. The van der Waals surface area contributed by atoms with Crippen LogP contribution in [0.2, 0.25) is 5.02 Å². The van der Waals surface area contributed by atoms with Gasteiger partial charge in [0.1, 0.15) is 0 Å². The Hall–Kier alpha value is -0.780. The van der Waals surface area contributed by atoms with Crippen LogP contribution in [0.25, 0.3) is 0 Å². The van der Waals surface area contributed by atoms with E-state index in [4.69, 9.17) is 21.9 Å². The van der Waals surface area contributed by atoms with E-state index in [0.717, 1.165) is 0 Å². The van der Waals surface area contributed by atoms with Crippen molar-refractivity contribution in [1.82, 2.24) is 0 Å². The summed E-state index contributed by atoms with van der Waals surface area (Å²) in [4.78, 5) is 0. The van der Waals surface area contributed by atoms with Gasteiger partial charge in [0.15, 0.2) is 5.75 Å². The molecule has 0 heterocycles. The third-order valence-corrected chi connectivity index (χ3v) is 1.75. The van der Waals surface area contributed by atoms with Crippen LogP contribution in [0, 0.1) is 0 Å². The fourth-order valence-electron chi connectivity index (χ4n) is 0.661. The highest BCUT2D eigenvalue weighted by atomic mass is 35.5. The molecule has 0 aromatic heterocycles. The molecule has 0 aliphatic heterocycles. The second-order valence-corrected chi connectivity index (χ2v) is 3.00. The number of hydrogen-bond donors (Lipinski definition) is 2. The van der Waals surface area contributed by atoms with Gasteiger partial charge in [0.05, 0.1) is 5.02 Å². The lowest BCUT2D eigenvalue weighted by Crippen LogP contribution is -1.98. The van der Waals surface area contributed by atoms with E-state index >= 15 is 0 Å². The fourth-order valence-corrected chi connectivity index (χ4v) is 1.15. The van der Waals surface area contributed by atoms with Crippen molar-refractivity contribution in [3.05, 3.63) is 23.2 Å². The van der Waals surface area contributed by atoms with Crippen LogP contribution in [0.4, 0.5) is 5.69 Å². The maximum atomic E-state index is 10.2. The van der Waals surface area contributed by atoms with E-state index in [0.29, 0.717) is 5.69 Å². The van der Waals surface area contributed by atoms with Gasteiger partial charge in [-0.05, 0) is 12.1 Å². The van der Waals surface area contributed by atoms with Crippen molar-refractivity contribution in [3.8, 4) is 5.75 Å². The zero-order chi connectivity index (χ0) is 9.14. The van der Waals surface area contributed by atoms with Gasteiger partial charge in [0, 0.05) is 11.8 Å². The molecule has 1 atom stereocenters. The maximum Gasteiger partial charge on any atom is 0.357 e. The molecule has 12 heavy (non-hydrogen) atoms. The molecule has 0 aliphatic rings. The van der Waals surface area contributed by atoms with E-state index in [-0.39, 0.29) is 10.8 Å². The number of nitrogens with two attached hydrogens (primary N) is 1. The highest BCUT2D eigenvalue weighted by molar-refractivity contribution is 7.74. The summed E-state index contributed by atoms with van der Waals surface area (Å²) in [5.74, 6) is 0.0949. The molecule has 0 amide bonds. The van der Waals surface area contributed by atoms with Crippen LogP contribution in [0.15, 0.2) is 18.2 Å². The number of benzene rings is 1. The Morgan fingerprint density at radius 1 is 1.58 bits per heavy atom. The van der Waals surface area contributed by atoms with Gasteiger partial charge in [0.2, 0.25) is 0 Å². The molecule has 0 aliphatic carbocycles. The summed E-state index contributed by atoms with van der Waals surface area (Å²) in [6.07, 6.45) is 0. The van der Waals surface area contributed by atoms with Crippen molar-refractivity contribution in [2.24, 2.45) is 0 Å². The summed E-state index contributed by atoms with van der Waals surface area (Å²) in [5, 5.41) is 0.242. The third-order valence-electron chi connectivity index (χ3n) is 1.12. The summed E-state index contributed by atoms with van der Waals surface area (Å²) in [5.41, 5.74) is 5.80. The van der Waals surface area contributed by atoms with Gasteiger partial charge in [-0.25, -0.2) is 0 Å². The Labute approximate surface area is 76.8 Å². The number of halogens is 1. The minimum absolute atomic E-state index is 0.0949. The topological polar surface area (TPSA) is 72.5 Å². The molecule has 1 unspecified atom stereocenters. The van der Waals surface area contributed by atoms with Gasteiger partial charge < -0.3 is 9.92 Å². The van der Waals surface area contributed by atoms with Crippen LogP contribution in [0.3, 0.4) is 0 Å². The normalized spacial score (nSPS) is 12.5. The molecule has 1 aromatic carbocycles. The lowest BCUT2D eigenvalue weighted by molar-refractivity contribution is 0.458. The average molecular weight is 208 g/mol. The Morgan fingerprint density at radius 2 is 2.25 bits per heavy atom. The molecule has 0 bridgehead atoms. The zero-order valence-corrected chi connectivity index (χ0v) is 7.43. The van der Waals surface area contributed by atoms with E-state index in [1.165, 1.54) is 12.1 Å². The van der Waals surface area contributed by atoms with Gasteiger partial charge in [-0.1, -0.05) is 11.6 Å². The quantitative estimate of drug-likeness (QED) is 0.569. The molecule has 6 heteroatoms. The zero-order valence-electron chi connectivity index (χ0n) is 5.86. The summed E-state index contributed by atoms with van der Waals surface area (Å²) in [6, 6.07) is 4.42. The molecule has 0 fully saturated rings. The van der Waals surface area contributed by atoms with Gasteiger partial charge in [-0.15, -0.1) is 0 Å². The van der Waals surface area contributed by atoms with Crippen LogP contribution < -0.4 is 9.92 Å².